The molecular formula is C12H15FN4. The van der Waals surface area contributed by atoms with Crippen LogP contribution in [0.5, 0.6) is 0 Å². The molecule has 2 N–H and O–H groups in total. The van der Waals surface area contributed by atoms with E-state index in [1.54, 1.807) is 29.2 Å². The van der Waals surface area contributed by atoms with E-state index in [0.717, 1.165) is 6.42 Å². The van der Waals surface area contributed by atoms with Gasteiger partial charge in [-0.3, -0.25) is 0 Å². The minimum atomic E-state index is -0.316. The molecule has 2 unspecified atom stereocenters. The maximum absolute atomic E-state index is 13.8. The van der Waals surface area contributed by atoms with Gasteiger partial charge in [-0.05, 0) is 12.5 Å². The second-order valence-electron chi connectivity index (χ2n) is 3.91. The van der Waals surface area contributed by atoms with Gasteiger partial charge >= 0.3 is 0 Å². The summed E-state index contributed by atoms with van der Waals surface area (Å²) in [5.74, 6) is -0.267. The Morgan fingerprint density at radius 1 is 1.41 bits per heavy atom. The highest BCUT2D eigenvalue weighted by molar-refractivity contribution is 5.23. The molecule has 4 nitrogen and oxygen atoms in total. The molecule has 0 radical (unpaired) electrons. The molecule has 1 aromatic heterocycles. The smallest absolute Gasteiger partial charge is 0.137 e. The average molecular weight is 234 g/mol. The fourth-order valence-electron chi connectivity index (χ4n) is 1.87. The van der Waals surface area contributed by atoms with Gasteiger partial charge in [0.2, 0.25) is 0 Å². The van der Waals surface area contributed by atoms with Gasteiger partial charge in [-0.1, -0.05) is 25.1 Å². The summed E-state index contributed by atoms with van der Waals surface area (Å²) >= 11 is 0. The molecule has 1 heterocycles. The number of benzene rings is 1. The second kappa shape index (κ2) is 5.05. The fraction of sp³-hybridized carbons (Fsp3) is 0.333. The SMILES string of the molecule is CCC(N)C(c1ccccc1F)n1cncn1. The van der Waals surface area contributed by atoms with E-state index < -0.39 is 0 Å². The van der Waals surface area contributed by atoms with Crippen molar-refractivity contribution < 1.29 is 4.39 Å². The Bertz CT molecular complexity index is 469. The van der Waals surface area contributed by atoms with E-state index in [4.69, 9.17) is 5.73 Å². The average Bonchev–Trinajstić information content (AvgIpc) is 2.85. The first-order chi connectivity index (χ1) is 8.24. The molecule has 0 aliphatic rings. The Kier molecular flexibility index (Phi) is 3.49. The van der Waals surface area contributed by atoms with Gasteiger partial charge in [-0.2, -0.15) is 5.10 Å². The standard InChI is InChI=1S/C12H15FN4/c1-2-11(14)12(17-8-15-7-16-17)9-5-3-4-6-10(9)13/h3-8,11-12H,2,14H2,1H3. The second-order valence-corrected chi connectivity index (χ2v) is 3.91. The lowest BCUT2D eigenvalue weighted by Crippen LogP contribution is -2.33. The molecule has 0 bridgehead atoms. The lowest BCUT2D eigenvalue weighted by Gasteiger charge is -2.23. The van der Waals surface area contributed by atoms with Crippen molar-refractivity contribution in [2.45, 2.75) is 25.4 Å². The van der Waals surface area contributed by atoms with E-state index >= 15 is 0 Å². The molecule has 0 fully saturated rings. The van der Waals surface area contributed by atoms with Crippen LogP contribution in [0.15, 0.2) is 36.9 Å². The van der Waals surface area contributed by atoms with Crippen molar-refractivity contribution in [3.63, 3.8) is 0 Å². The molecule has 0 saturated heterocycles. The third kappa shape index (κ3) is 2.34. The first-order valence-electron chi connectivity index (χ1n) is 5.58. The van der Waals surface area contributed by atoms with E-state index in [-0.39, 0.29) is 17.9 Å². The number of hydrogen-bond acceptors (Lipinski definition) is 3. The Labute approximate surface area is 99.3 Å². The number of halogens is 1. The van der Waals surface area contributed by atoms with Crippen LogP contribution >= 0.6 is 0 Å². The van der Waals surface area contributed by atoms with Crippen LogP contribution in [0, 0.1) is 5.82 Å². The van der Waals surface area contributed by atoms with E-state index in [1.165, 1.54) is 12.4 Å². The molecular weight excluding hydrogens is 219 g/mol. The zero-order valence-corrected chi connectivity index (χ0v) is 9.62. The quantitative estimate of drug-likeness (QED) is 0.876. The zero-order valence-electron chi connectivity index (χ0n) is 9.62. The number of aromatic nitrogens is 3. The van der Waals surface area contributed by atoms with Crippen molar-refractivity contribution in [3.8, 4) is 0 Å². The fourth-order valence-corrected chi connectivity index (χ4v) is 1.87. The molecule has 0 saturated carbocycles. The highest BCUT2D eigenvalue weighted by Gasteiger charge is 2.23. The molecule has 2 rings (SSSR count). The number of hydrogen-bond donors (Lipinski definition) is 1. The number of nitrogens with zero attached hydrogens (tertiary/aromatic N) is 3. The van der Waals surface area contributed by atoms with Crippen LogP contribution in [0.4, 0.5) is 4.39 Å². The van der Waals surface area contributed by atoms with Crippen molar-refractivity contribution >= 4 is 0 Å². The Hall–Kier alpha value is -1.75. The molecule has 90 valence electrons. The molecule has 5 heteroatoms. The van der Waals surface area contributed by atoms with Gasteiger partial charge in [0.15, 0.2) is 0 Å². The summed E-state index contributed by atoms with van der Waals surface area (Å²) in [4.78, 5) is 3.89. The van der Waals surface area contributed by atoms with Crippen LogP contribution in [0.25, 0.3) is 0 Å². The van der Waals surface area contributed by atoms with Gasteiger partial charge in [-0.15, -0.1) is 0 Å². The molecule has 2 aromatic rings. The van der Waals surface area contributed by atoms with E-state index in [1.807, 2.05) is 6.92 Å². The summed E-state index contributed by atoms with van der Waals surface area (Å²) < 4.78 is 15.4. The van der Waals surface area contributed by atoms with Crippen LogP contribution in [-0.2, 0) is 0 Å². The van der Waals surface area contributed by atoms with Gasteiger partial charge in [0, 0.05) is 11.6 Å². The zero-order chi connectivity index (χ0) is 12.3. The van der Waals surface area contributed by atoms with E-state index in [2.05, 4.69) is 10.1 Å². The van der Waals surface area contributed by atoms with Crippen LogP contribution in [0.2, 0.25) is 0 Å². The Balaban J connectivity index is 2.44. The largest absolute Gasteiger partial charge is 0.326 e. The topological polar surface area (TPSA) is 56.7 Å². The van der Waals surface area contributed by atoms with Gasteiger partial charge < -0.3 is 5.73 Å². The van der Waals surface area contributed by atoms with Crippen molar-refractivity contribution in [3.05, 3.63) is 48.3 Å². The van der Waals surface area contributed by atoms with Crippen LogP contribution in [0.3, 0.4) is 0 Å². The van der Waals surface area contributed by atoms with Crippen molar-refractivity contribution in [1.29, 1.82) is 0 Å². The van der Waals surface area contributed by atoms with Gasteiger partial charge in [-0.25, -0.2) is 14.1 Å². The third-order valence-corrected chi connectivity index (χ3v) is 2.82. The molecule has 0 amide bonds. The minimum Gasteiger partial charge on any atom is -0.326 e. The van der Waals surface area contributed by atoms with Crippen LogP contribution in [0.1, 0.15) is 24.9 Å². The highest BCUT2D eigenvalue weighted by atomic mass is 19.1. The van der Waals surface area contributed by atoms with Crippen LogP contribution < -0.4 is 5.73 Å². The number of rotatable bonds is 4. The van der Waals surface area contributed by atoms with Crippen LogP contribution in [-0.4, -0.2) is 20.8 Å². The van der Waals surface area contributed by atoms with Gasteiger partial charge in [0.25, 0.3) is 0 Å². The van der Waals surface area contributed by atoms with Gasteiger partial charge in [0.1, 0.15) is 18.5 Å². The van der Waals surface area contributed by atoms with Gasteiger partial charge in [0.05, 0.1) is 6.04 Å². The van der Waals surface area contributed by atoms with Crippen molar-refractivity contribution in [1.82, 2.24) is 14.8 Å². The summed E-state index contributed by atoms with van der Waals surface area (Å²) in [6, 6.07) is 6.11. The lowest BCUT2D eigenvalue weighted by molar-refractivity contribution is 0.408. The summed E-state index contributed by atoms with van der Waals surface area (Å²) in [5, 5.41) is 4.06. The molecule has 0 aliphatic heterocycles. The molecule has 2 atom stereocenters. The predicted octanol–water partition coefficient (Wildman–Crippen LogP) is 1.74. The summed E-state index contributed by atoms with van der Waals surface area (Å²) in [6.45, 7) is 1.97. The molecule has 0 aliphatic carbocycles. The lowest BCUT2D eigenvalue weighted by atomic mass is 9.98. The predicted molar refractivity (Wildman–Crippen MR) is 62.8 cm³/mol. The van der Waals surface area contributed by atoms with E-state index in [0.29, 0.717) is 5.56 Å². The van der Waals surface area contributed by atoms with E-state index in [9.17, 15) is 4.39 Å². The monoisotopic (exact) mass is 234 g/mol. The Morgan fingerprint density at radius 3 is 2.76 bits per heavy atom. The first-order valence-corrected chi connectivity index (χ1v) is 5.58. The maximum Gasteiger partial charge on any atom is 0.137 e. The minimum absolute atomic E-state index is 0.200. The third-order valence-electron chi connectivity index (χ3n) is 2.82. The molecule has 1 aromatic carbocycles. The maximum atomic E-state index is 13.8. The normalized spacial score (nSPS) is 14.5. The van der Waals surface area contributed by atoms with Crippen molar-refractivity contribution in [2.24, 2.45) is 5.73 Å². The highest BCUT2D eigenvalue weighted by Crippen LogP contribution is 2.24. The summed E-state index contributed by atoms with van der Waals surface area (Å²) in [6.07, 6.45) is 3.72. The Morgan fingerprint density at radius 2 is 2.18 bits per heavy atom. The number of nitrogens with two attached hydrogens (primary N) is 1. The summed E-state index contributed by atoms with van der Waals surface area (Å²) in [7, 11) is 0. The first kappa shape index (κ1) is 11.7. The van der Waals surface area contributed by atoms with Crippen molar-refractivity contribution in [2.75, 3.05) is 0 Å². The molecule has 17 heavy (non-hydrogen) atoms. The summed E-state index contributed by atoms with van der Waals surface area (Å²) in [5.41, 5.74) is 6.60. The molecule has 0 spiro atoms.